The van der Waals surface area contributed by atoms with Gasteiger partial charge in [0, 0.05) is 11.1 Å². The average molecular weight is 244 g/mol. The molecule has 0 spiro atoms. The van der Waals surface area contributed by atoms with E-state index in [1.165, 1.54) is 5.56 Å². The quantitative estimate of drug-likeness (QED) is 0.823. The number of fused-ring (bicyclic) bond motifs is 1. The van der Waals surface area contributed by atoms with Crippen molar-refractivity contribution in [2.75, 3.05) is 13.2 Å². The van der Waals surface area contributed by atoms with Crippen LogP contribution in [-0.2, 0) is 0 Å². The first kappa shape index (κ1) is 12.8. The van der Waals surface area contributed by atoms with Gasteiger partial charge in [0.2, 0.25) is 0 Å². The van der Waals surface area contributed by atoms with Crippen LogP contribution >= 0.6 is 0 Å². The summed E-state index contributed by atoms with van der Waals surface area (Å²) in [5.41, 5.74) is 8.70. The molecule has 3 heteroatoms. The number of aromatic nitrogens is 1. The molecule has 0 aliphatic rings. The Kier molecular flexibility index (Phi) is 4.15. The fraction of sp³-hybridized carbons (Fsp3) is 0.400. The number of aryl methyl sites for hydroxylation is 2. The van der Waals surface area contributed by atoms with Crippen LogP contribution in [0.2, 0.25) is 0 Å². The van der Waals surface area contributed by atoms with Crippen molar-refractivity contribution in [2.45, 2.75) is 26.7 Å². The van der Waals surface area contributed by atoms with E-state index in [0.717, 1.165) is 41.7 Å². The van der Waals surface area contributed by atoms with E-state index in [-0.39, 0.29) is 0 Å². The summed E-state index contributed by atoms with van der Waals surface area (Å²) < 4.78 is 5.81. The first-order valence-corrected chi connectivity index (χ1v) is 6.42. The number of benzene rings is 1. The summed E-state index contributed by atoms with van der Waals surface area (Å²) in [6.45, 7) is 5.53. The molecular weight excluding hydrogens is 224 g/mol. The third-order valence-corrected chi connectivity index (χ3v) is 2.99. The zero-order chi connectivity index (χ0) is 13.0. The number of hydrogen-bond donors (Lipinski definition) is 1. The van der Waals surface area contributed by atoms with Gasteiger partial charge in [-0.3, -0.25) is 0 Å². The minimum Gasteiger partial charge on any atom is -0.491 e. The predicted octanol–water partition coefficient (Wildman–Crippen LogP) is 2.97. The molecule has 0 atom stereocenters. The molecule has 0 unspecified atom stereocenters. The van der Waals surface area contributed by atoms with Gasteiger partial charge in [-0.2, -0.15) is 0 Å². The lowest BCUT2D eigenvalue weighted by molar-refractivity contribution is 0.311. The molecule has 1 aromatic carbocycles. The summed E-state index contributed by atoms with van der Waals surface area (Å²) in [6, 6.07) is 8.19. The van der Waals surface area contributed by atoms with Crippen LogP contribution in [0.15, 0.2) is 24.3 Å². The van der Waals surface area contributed by atoms with Crippen molar-refractivity contribution in [3.63, 3.8) is 0 Å². The lowest BCUT2D eigenvalue weighted by Gasteiger charge is -2.10. The second-order valence-electron chi connectivity index (χ2n) is 4.58. The largest absolute Gasteiger partial charge is 0.491 e. The zero-order valence-electron chi connectivity index (χ0n) is 11.1. The monoisotopic (exact) mass is 244 g/mol. The van der Waals surface area contributed by atoms with Crippen molar-refractivity contribution in [3.05, 3.63) is 35.5 Å². The van der Waals surface area contributed by atoms with Crippen LogP contribution in [0.4, 0.5) is 0 Å². The summed E-state index contributed by atoms with van der Waals surface area (Å²) >= 11 is 0. The van der Waals surface area contributed by atoms with Gasteiger partial charge in [-0.25, -0.2) is 4.98 Å². The number of pyridine rings is 1. The lowest BCUT2D eigenvalue weighted by atomic mass is 10.1. The first-order valence-electron chi connectivity index (χ1n) is 6.42. The Morgan fingerprint density at radius 2 is 2.06 bits per heavy atom. The van der Waals surface area contributed by atoms with Crippen molar-refractivity contribution in [3.8, 4) is 5.75 Å². The van der Waals surface area contributed by atoms with E-state index in [0.29, 0.717) is 6.61 Å². The molecule has 0 fully saturated rings. The van der Waals surface area contributed by atoms with Gasteiger partial charge in [-0.15, -0.1) is 0 Å². The molecule has 0 aliphatic carbocycles. The summed E-state index contributed by atoms with van der Waals surface area (Å²) in [6.07, 6.45) is 1.98. The van der Waals surface area contributed by atoms with Crippen LogP contribution in [0.3, 0.4) is 0 Å². The molecule has 0 amide bonds. The maximum Gasteiger partial charge on any atom is 0.145 e. The molecule has 18 heavy (non-hydrogen) atoms. The molecule has 2 rings (SSSR count). The van der Waals surface area contributed by atoms with Gasteiger partial charge in [-0.1, -0.05) is 12.1 Å². The summed E-state index contributed by atoms with van der Waals surface area (Å²) in [7, 11) is 0. The smallest absolute Gasteiger partial charge is 0.145 e. The van der Waals surface area contributed by atoms with E-state index < -0.39 is 0 Å². The number of unbranched alkanes of at least 4 members (excludes halogenated alkanes) is 1. The number of hydrogen-bond acceptors (Lipinski definition) is 3. The maximum absolute atomic E-state index is 5.81. The van der Waals surface area contributed by atoms with Crippen molar-refractivity contribution in [1.82, 2.24) is 4.98 Å². The molecule has 0 bridgehead atoms. The number of nitrogens with zero attached hydrogens (tertiary/aromatic N) is 1. The molecule has 0 saturated carbocycles. The van der Waals surface area contributed by atoms with Gasteiger partial charge in [0.05, 0.1) is 6.61 Å². The van der Waals surface area contributed by atoms with Crippen LogP contribution in [0, 0.1) is 13.8 Å². The molecule has 0 aliphatic heterocycles. The molecule has 1 heterocycles. The van der Waals surface area contributed by atoms with Crippen LogP contribution < -0.4 is 10.5 Å². The molecule has 2 aromatic rings. The molecule has 96 valence electrons. The first-order chi connectivity index (χ1) is 8.72. The fourth-order valence-corrected chi connectivity index (χ4v) is 2.10. The minimum atomic E-state index is 0.699. The highest BCUT2D eigenvalue weighted by Gasteiger charge is 2.06. The van der Waals surface area contributed by atoms with Crippen LogP contribution in [0.5, 0.6) is 5.75 Å². The van der Waals surface area contributed by atoms with Gasteiger partial charge >= 0.3 is 0 Å². The van der Waals surface area contributed by atoms with Crippen molar-refractivity contribution < 1.29 is 4.74 Å². The normalized spacial score (nSPS) is 10.8. The van der Waals surface area contributed by atoms with Crippen LogP contribution in [0.25, 0.3) is 10.9 Å². The summed E-state index contributed by atoms with van der Waals surface area (Å²) in [5.74, 6) is 0.872. The number of para-hydroxylation sites is 1. The van der Waals surface area contributed by atoms with E-state index in [1.807, 2.05) is 19.1 Å². The van der Waals surface area contributed by atoms with Crippen LogP contribution in [-0.4, -0.2) is 18.1 Å². The second-order valence-corrected chi connectivity index (χ2v) is 4.58. The minimum absolute atomic E-state index is 0.699. The average Bonchev–Trinajstić information content (AvgIpc) is 2.35. The van der Waals surface area contributed by atoms with Gasteiger partial charge in [0.25, 0.3) is 0 Å². The molecule has 3 nitrogen and oxygen atoms in total. The Labute approximate surface area is 108 Å². The predicted molar refractivity (Wildman–Crippen MR) is 75.0 cm³/mol. The fourth-order valence-electron chi connectivity index (χ4n) is 2.10. The number of nitrogens with two attached hydrogens (primary N) is 1. The second kappa shape index (κ2) is 5.83. The molecular formula is C15H20N2O. The van der Waals surface area contributed by atoms with Gasteiger partial charge < -0.3 is 10.5 Å². The SMILES string of the molecule is Cc1cc(C)c2cccc(OCCCCN)c2n1. The molecule has 0 saturated heterocycles. The Morgan fingerprint density at radius 3 is 2.83 bits per heavy atom. The maximum atomic E-state index is 5.81. The highest BCUT2D eigenvalue weighted by molar-refractivity contribution is 5.87. The van der Waals surface area contributed by atoms with Gasteiger partial charge in [0.15, 0.2) is 0 Å². The van der Waals surface area contributed by atoms with Crippen molar-refractivity contribution >= 4 is 10.9 Å². The topological polar surface area (TPSA) is 48.1 Å². The Morgan fingerprint density at radius 1 is 1.22 bits per heavy atom. The standard InChI is InChI=1S/C15H20N2O/c1-11-10-12(2)17-15-13(11)6-5-7-14(15)18-9-4-3-8-16/h5-7,10H,3-4,8-9,16H2,1-2H3. The van der Waals surface area contributed by atoms with Crippen molar-refractivity contribution in [2.24, 2.45) is 5.73 Å². The highest BCUT2D eigenvalue weighted by atomic mass is 16.5. The molecule has 1 aromatic heterocycles. The van der Waals surface area contributed by atoms with E-state index >= 15 is 0 Å². The van der Waals surface area contributed by atoms with E-state index in [1.54, 1.807) is 0 Å². The van der Waals surface area contributed by atoms with Gasteiger partial charge in [-0.05, 0) is 50.9 Å². The lowest BCUT2D eigenvalue weighted by Crippen LogP contribution is -2.04. The molecule has 2 N–H and O–H groups in total. The Hall–Kier alpha value is -1.61. The summed E-state index contributed by atoms with van der Waals surface area (Å²) in [5, 5.41) is 1.16. The Bertz CT molecular complexity index is 537. The Balaban J connectivity index is 2.27. The third kappa shape index (κ3) is 2.79. The highest BCUT2D eigenvalue weighted by Crippen LogP contribution is 2.26. The summed E-state index contributed by atoms with van der Waals surface area (Å²) in [4.78, 5) is 4.59. The number of rotatable bonds is 5. The molecule has 0 radical (unpaired) electrons. The third-order valence-electron chi connectivity index (χ3n) is 2.99. The zero-order valence-corrected chi connectivity index (χ0v) is 11.1. The van der Waals surface area contributed by atoms with E-state index in [9.17, 15) is 0 Å². The van der Waals surface area contributed by atoms with E-state index in [4.69, 9.17) is 10.5 Å². The van der Waals surface area contributed by atoms with Crippen molar-refractivity contribution in [1.29, 1.82) is 0 Å². The number of ether oxygens (including phenoxy) is 1. The van der Waals surface area contributed by atoms with Crippen LogP contribution in [0.1, 0.15) is 24.1 Å². The van der Waals surface area contributed by atoms with E-state index in [2.05, 4.69) is 24.0 Å². The van der Waals surface area contributed by atoms with Gasteiger partial charge in [0.1, 0.15) is 11.3 Å².